The summed E-state index contributed by atoms with van der Waals surface area (Å²) in [6.45, 7) is 1.61. The Morgan fingerprint density at radius 2 is 2.24 bits per heavy atom. The van der Waals surface area contributed by atoms with E-state index in [1.165, 1.54) is 24.5 Å². The summed E-state index contributed by atoms with van der Waals surface area (Å²) in [6, 6.07) is 4.84. The molecular weight excluding hydrogens is 360 g/mol. The van der Waals surface area contributed by atoms with Gasteiger partial charge < -0.3 is 14.3 Å². The van der Waals surface area contributed by atoms with Gasteiger partial charge in [0.05, 0.1) is 23.2 Å². The number of hydrogen-bond donors (Lipinski definition) is 1. The van der Waals surface area contributed by atoms with E-state index in [2.05, 4.69) is 20.7 Å². The SMILES string of the molecule is COC(=O)C[C@H](c1ccc(Br)s1)c1oc(C)cc(=O)c1O. The number of methoxy groups -OCH3 is 1. The third kappa shape index (κ3) is 3.54. The van der Waals surface area contributed by atoms with Gasteiger partial charge in [0.2, 0.25) is 11.2 Å². The van der Waals surface area contributed by atoms with Crippen LogP contribution in [0.1, 0.15) is 28.7 Å². The van der Waals surface area contributed by atoms with Gasteiger partial charge in [0.1, 0.15) is 5.76 Å². The topological polar surface area (TPSA) is 76.7 Å². The van der Waals surface area contributed by atoms with E-state index in [4.69, 9.17) is 4.42 Å². The maximum atomic E-state index is 11.7. The predicted molar refractivity (Wildman–Crippen MR) is 81.9 cm³/mol. The Hall–Kier alpha value is -1.60. The molecule has 112 valence electrons. The molecule has 0 bridgehead atoms. The number of thiophene rings is 1. The minimum atomic E-state index is -0.568. The Morgan fingerprint density at radius 3 is 2.81 bits per heavy atom. The van der Waals surface area contributed by atoms with Crippen LogP contribution in [0, 0.1) is 6.92 Å². The monoisotopic (exact) mass is 372 g/mol. The van der Waals surface area contributed by atoms with E-state index < -0.39 is 23.1 Å². The second kappa shape index (κ2) is 6.44. The molecule has 0 aliphatic rings. The van der Waals surface area contributed by atoms with Crippen molar-refractivity contribution in [3.8, 4) is 5.75 Å². The van der Waals surface area contributed by atoms with Crippen molar-refractivity contribution in [3.05, 3.63) is 48.6 Å². The van der Waals surface area contributed by atoms with Crippen molar-refractivity contribution in [2.75, 3.05) is 7.11 Å². The lowest BCUT2D eigenvalue weighted by Gasteiger charge is -2.15. The minimum absolute atomic E-state index is 0.0244. The van der Waals surface area contributed by atoms with Gasteiger partial charge in [-0.3, -0.25) is 9.59 Å². The van der Waals surface area contributed by atoms with Crippen molar-refractivity contribution in [3.63, 3.8) is 0 Å². The van der Waals surface area contributed by atoms with E-state index >= 15 is 0 Å². The molecule has 0 aliphatic carbocycles. The molecule has 1 N–H and O–H groups in total. The summed E-state index contributed by atoms with van der Waals surface area (Å²) in [7, 11) is 1.29. The Morgan fingerprint density at radius 1 is 1.52 bits per heavy atom. The van der Waals surface area contributed by atoms with Gasteiger partial charge in [-0.25, -0.2) is 0 Å². The van der Waals surface area contributed by atoms with Crippen molar-refractivity contribution in [1.29, 1.82) is 0 Å². The highest BCUT2D eigenvalue weighted by molar-refractivity contribution is 9.11. The number of ether oxygens (including phenoxy) is 1. The van der Waals surface area contributed by atoms with Crippen molar-refractivity contribution < 1.29 is 19.1 Å². The van der Waals surface area contributed by atoms with E-state index in [9.17, 15) is 14.7 Å². The molecule has 2 aromatic heterocycles. The zero-order valence-electron chi connectivity index (χ0n) is 11.4. The summed E-state index contributed by atoms with van der Waals surface area (Å²) in [5.41, 5.74) is -0.528. The molecule has 2 rings (SSSR count). The van der Waals surface area contributed by atoms with E-state index in [1.807, 2.05) is 12.1 Å². The van der Waals surface area contributed by atoms with Crippen LogP contribution in [0.15, 0.2) is 31.2 Å². The van der Waals surface area contributed by atoms with Crippen LogP contribution in [-0.2, 0) is 9.53 Å². The van der Waals surface area contributed by atoms with Crippen LogP contribution in [0.5, 0.6) is 5.75 Å². The van der Waals surface area contributed by atoms with E-state index in [0.29, 0.717) is 5.76 Å². The molecule has 2 heterocycles. The van der Waals surface area contributed by atoms with Crippen molar-refractivity contribution in [1.82, 2.24) is 0 Å². The summed E-state index contributed by atoms with van der Waals surface area (Å²) >= 11 is 4.75. The molecule has 0 amide bonds. The zero-order valence-corrected chi connectivity index (χ0v) is 13.8. The highest BCUT2D eigenvalue weighted by Crippen LogP contribution is 2.38. The summed E-state index contributed by atoms with van der Waals surface area (Å²) < 4.78 is 11.1. The highest BCUT2D eigenvalue weighted by atomic mass is 79.9. The zero-order chi connectivity index (χ0) is 15.6. The Kier molecular flexibility index (Phi) is 4.84. The lowest BCUT2D eigenvalue weighted by Crippen LogP contribution is -2.12. The van der Waals surface area contributed by atoms with Crippen LogP contribution in [0.4, 0.5) is 0 Å². The largest absolute Gasteiger partial charge is 0.502 e. The van der Waals surface area contributed by atoms with Crippen molar-refractivity contribution >= 4 is 33.2 Å². The summed E-state index contributed by atoms with van der Waals surface area (Å²) in [4.78, 5) is 24.1. The van der Waals surface area contributed by atoms with Gasteiger partial charge in [-0.1, -0.05) is 0 Å². The molecule has 21 heavy (non-hydrogen) atoms. The molecule has 0 unspecified atom stereocenters. The Bertz CT molecular complexity index is 718. The smallest absolute Gasteiger partial charge is 0.306 e. The predicted octanol–water partition coefficient (Wildman–Crippen LogP) is 3.17. The number of aryl methyl sites for hydroxylation is 1. The number of rotatable bonds is 4. The summed E-state index contributed by atoms with van der Waals surface area (Å²) in [5.74, 6) is -1.04. The third-order valence-corrected chi connectivity index (χ3v) is 4.66. The van der Waals surface area contributed by atoms with Gasteiger partial charge in [-0.05, 0) is 35.0 Å². The molecule has 0 saturated heterocycles. The molecule has 5 nitrogen and oxygen atoms in total. The first-order chi connectivity index (χ1) is 9.92. The number of esters is 1. The first-order valence-electron chi connectivity index (χ1n) is 6.08. The fourth-order valence-electron chi connectivity index (χ4n) is 1.95. The minimum Gasteiger partial charge on any atom is -0.502 e. The van der Waals surface area contributed by atoms with E-state index in [0.717, 1.165) is 8.66 Å². The van der Waals surface area contributed by atoms with Crippen molar-refractivity contribution in [2.45, 2.75) is 19.3 Å². The van der Waals surface area contributed by atoms with Gasteiger partial charge in [0.25, 0.3) is 0 Å². The maximum absolute atomic E-state index is 11.7. The third-order valence-electron chi connectivity index (χ3n) is 2.92. The van der Waals surface area contributed by atoms with Gasteiger partial charge in [0.15, 0.2) is 5.76 Å². The quantitative estimate of drug-likeness (QED) is 0.834. The maximum Gasteiger partial charge on any atom is 0.306 e. The first-order valence-corrected chi connectivity index (χ1v) is 7.69. The molecule has 0 fully saturated rings. The summed E-state index contributed by atoms with van der Waals surface area (Å²) in [5, 5.41) is 9.98. The standard InChI is InChI=1S/C14H13BrO5S/c1-7-5-9(16)13(18)14(20-7)8(6-12(17)19-2)10-3-4-11(15)21-10/h3-5,8,18H,6H2,1-2H3/t8-/m1/s1. The fraction of sp³-hybridized carbons (Fsp3) is 0.286. The number of aromatic hydroxyl groups is 1. The van der Waals surface area contributed by atoms with Gasteiger partial charge in [-0.2, -0.15) is 0 Å². The molecule has 2 aromatic rings. The lowest BCUT2D eigenvalue weighted by atomic mass is 9.99. The van der Waals surface area contributed by atoms with E-state index in [-0.39, 0.29) is 12.2 Å². The number of carbonyl (C=O) groups is 1. The Labute approximate surface area is 133 Å². The van der Waals surface area contributed by atoms with Crippen LogP contribution in [0.3, 0.4) is 0 Å². The Balaban J connectivity index is 2.54. The average molecular weight is 373 g/mol. The number of carbonyl (C=O) groups excluding carboxylic acids is 1. The van der Waals surface area contributed by atoms with Crippen LogP contribution in [0.25, 0.3) is 0 Å². The number of halogens is 1. The van der Waals surface area contributed by atoms with Crippen LogP contribution in [-0.4, -0.2) is 18.2 Å². The first kappa shape index (κ1) is 15.8. The van der Waals surface area contributed by atoms with Gasteiger partial charge in [0, 0.05) is 10.9 Å². The molecule has 0 aromatic carbocycles. The normalized spacial score (nSPS) is 12.1. The van der Waals surface area contributed by atoms with E-state index in [1.54, 1.807) is 6.92 Å². The highest BCUT2D eigenvalue weighted by Gasteiger charge is 2.27. The second-order valence-electron chi connectivity index (χ2n) is 4.41. The molecule has 7 heteroatoms. The average Bonchev–Trinajstić information content (AvgIpc) is 2.86. The molecular formula is C14H13BrO5S. The van der Waals surface area contributed by atoms with Crippen molar-refractivity contribution in [2.24, 2.45) is 0 Å². The molecule has 0 aliphatic heterocycles. The van der Waals surface area contributed by atoms with Gasteiger partial charge >= 0.3 is 5.97 Å². The molecule has 0 radical (unpaired) electrons. The fourth-order valence-corrected chi connectivity index (χ4v) is 3.47. The lowest BCUT2D eigenvalue weighted by molar-refractivity contribution is -0.140. The molecule has 0 spiro atoms. The summed E-state index contributed by atoms with van der Waals surface area (Å²) in [6.07, 6.45) is -0.0244. The molecule has 1 atom stereocenters. The number of hydrogen-bond acceptors (Lipinski definition) is 6. The van der Waals surface area contributed by atoms with Gasteiger partial charge in [-0.15, -0.1) is 11.3 Å². The van der Waals surface area contributed by atoms with Crippen LogP contribution >= 0.6 is 27.3 Å². The van der Waals surface area contributed by atoms with Crippen LogP contribution < -0.4 is 5.43 Å². The second-order valence-corrected chi connectivity index (χ2v) is 6.90. The van der Waals surface area contributed by atoms with Crippen LogP contribution in [0.2, 0.25) is 0 Å². The molecule has 0 saturated carbocycles.